The van der Waals surface area contributed by atoms with E-state index >= 15 is 0 Å². The Balaban J connectivity index is 1.51. The number of carbonyl (C=O) groups excluding carboxylic acids is 1. The van der Waals surface area contributed by atoms with E-state index in [-0.39, 0.29) is 18.3 Å². The third kappa shape index (κ3) is 4.26. The van der Waals surface area contributed by atoms with E-state index in [1.54, 1.807) is 0 Å². The van der Waals surface area contributed by atoms with Crippen molar-refractivity contribution < 1.29 is 22.7 Å². The van der Waals surface area contributed by atoms with Crippen LogP contribution in [0.4, 0.5) is 23.7 Å². The van der Waals surface area contributed by atoms with Gasteiger partial charge in [-0.25, -0.2) is 4.79 Å². The van der Waals surface area contributed by atoms with E-state index in [1.165, 1.54) is 25.0 Å². The Kier molecular flexibility index (Phi) is 5.22. The fourth-order valence-electron chi connectivity index (χ4n) is 3.98. The van der Waals surface area contributed by atoms with E-state index in [0.717, 1.165) is 37.6 Å². The first-order valence-electron chi connectivity index (χ1n) is 8.72. The van der Waals surface area contributed by atoms with Gasteiger partial charge < -0.3 is 4.74 Å². The number of rotatable bonds is 4. The molecule has 4 atom stereocenters. The fraction of sp³-hybridized carbons (Fsp3) is 0.611. The fourth-order valence-corrected chi connectivity index (χ4v) is 3.98. The highest BCUT2D eigenvalue weighted by molar-refractivity contribution is 5.84. The second-order valence-corrected chi connectivity index (χ2v) is 6.90. The summed E-state index contributed by atoms with van der Waals surface area (Å²) < 4.78 is 43.3. The lowest BCUT2D eigenvalue weighted by atomic mass is 9.75. The molecule has 3 fully saturated rings. The number of piperidine rings is 3. The number of nitrogens with zero attached hydrogens (tertiary/aromatic N) is 1. The third-order valence-electron chi connectivity index (χ3n) is 5.38. The zero-order valence-electron chi connectivity index (χ0n) is 14.2. The van der Waals surface area contributed by atoms with Gasteiger partial charge in [-0.3, -0.25) is 10.2 Å². The molecule has 0 aromatic heterocycles. The first-order valence-corrected chi connectivity index (χ1v) is 8.72. The zero-order chi connectivity index (χ0) is 18.0. The van der Waals surface area contributed by atoms with Gasteiger partial charge in [0.25, 0.3) is 0 Å². The van der Waals surface area contributed by atoms with Crippen LogP contribution >= 0.6 is 0 Å². The predicted molar refractivity (Wildman–Crippen MR) is 88.3 cm³/mol. The molecule has 4 nitrogen and oxygen atoms in total. The number of nitrogens with one attached hydrogen (secondary N) is 1. The molecule has 0 radical (unpaired) electrons. The molecule has 1 aromatic carbocycles. The number of amides is 1. The summed E-state index contributed by atoms with van der Waals surface area (Å²) in [6.07, 6.45) is -1.76. The average Bonchev–Trinajstić information content (AvgIpc) is 2.60. The Bertz CT molecular complexity index is 621. The van der Waals surface area contributed by atoms with Crippen molar-refractivity contribution in [3.63, 3.8) is 0 Å². The van der Waals surface area contributed by atoms with Crippen molar-refractivity contribution in [2.75, 3.05) is 25.0 Å². The Morgan fingerprint density at radius 2 is 2.20 bits per heavy atom. The molecule has 25 heavy (non-hydrogen) atoms. The largest absolute Gasteiger partial charge is 0.448 e. The Hall–Kier alpha value is -1.76. The first kappa shape index (κ1) is 18.0. The molecule has 1 amide bonds. The maximum atomic E-state index is 12.7. The maximum absolute atomic E-state index is 12.7. The van der Waals surface area contributed by atoms with Gasteiger partial charge in [0.15, 0.2) is 0 Å². The van der Waals surface area contributed by atoms with Crippen LogP contribution in [0.3, 0.4) is 0 Å². The van der Waals surface area contributed by atoms with Crippen LogP contribution in [0.2, 0.25) is 0 Å². The summed E-state index contributed by atoms with van der Waals surface area (Å²) in [7, 11) is 0. The number of benzene rings is 1. The van der Waals surface area contributed by atoms with Crippen LogP contribution in [-0.2, 0) is 10.9 Å². The van der Waals surface area contributed by atoms with Crippen LogP contribution in [0.25, 0.3) is 0 Å². The molecule has 1 aromatic rings. The minimum Gasteiger partial charge on any atom is -0.448 e. The lowest BCUT2D eigenvalue weighted by Gasteiger charge is -2.49. The van der Waals surface area contributed by atoms with Crippen LogP contribution in [0.15, 0.2) is 24.3 Å². The van der Waals surface area contributed by atoms with E-state index in [9.17, 15) is 18.0 Å². The summed E-state index contributed by atoms with van der Waals surface area (Å²) in [6, 6.07) is 4.75. The van der Waals surface area contributed by atoms with Crippen LogP contribution in [0.1, 0.15) is 31.7 Å². The number of carbonyl (C=O) groups is 1. The number of alkyl halides is 3. The van der Waals surface area contributed by atoms with Gasteiger partial charge in [-0.1, -0.05) is 19.4 Å². The summed E-state index contributed by atoms with van der Waals surface area (Å²) in [4.78, 5) is 14.3. The van der Waals surface area contributed by atoms with Gasteiger partial charge in [0, 0.05) is 18.3 Å². The second-order valence-electron chi connectivity index (χ2n) is 6.90. The van der Waals surface area contributed by atoms with Gasteiger partial charge in [0.05, 0.1) is 5.56 Å². The molecule has 7 heteroatoms. The van der Waals surface area contributed by atoms with Crippen molar-refractivity contribution in [3.8, 4) is 0 Å². The molecule has 4 rings (SSSR count). The monoisotopic (exact) mass is 356 g/mol. The second kappa shape index (κ2) is 7.23. The van der Waals surface area contributed by atoms with Crippen molar-refractivity contribution in [1.82, 2.24) is 4.90 Å². The van der Waals surface area contributed by atoms with E-state index in [1.807, 2.05) is 0 Å². The van der Waals surface area contributed by atoms with Crippen LogP contribution in [0, 0.1) is 11.8 Å². The van der Waals surface area contributed by atoms with Gasteiger partial charge in [-0.15, -0.1) is 0 Å². The predicted octanol–water partition coefficient (Wildman–Crippen LogP) is 4.37. The quantitative estimate of drug-likeness (QED) is 0.871. The van der Waals surface area contributed by atoms with Gasteiger partial charge in [0.1, 0.15) is 6.61 Å². The van der Waals surface area contributed by atoms with E-state index in [4.69, 9.17) is 4.74 Å². The normalized spacial score (nSPS) is 28.6. The van der Waals surface area contributed by atoms with Crippen LogP contribution in [0.5, 0.6) is 0 Å². The van der Waals surface area contributed by atoms with Gasteiger partial charge in [-0.2, -0.15) is 13.2 Å². The highest BCUT2D eigenvalue weighted by Gasteiger charge is 2.39. The number of hydrogen-bond donors (Lipinski definition) is 1. The minimum absolute atomic E-state index is 0.0799. The summed E-state index contributed by atoms with van der Waals surface area (Å²) in [5.74, 6) is 1.42. The Morgan fingerprint density at radius 3 is 2.84 bits per heavy atom. The molecule has 1 N–H and O–H groups in total. The lowest BCUT2D eigenvalue weighted by molar-refractivity contribution is -0.137. The highest BCUT2D eigenvalue weighted by atomic mass is 19.4. The summed E-state index contributed by atoms with van der Waals surface area (Å²) in [5.41, 5.74) is -0.719. The molecule has 3 heterocycles. The van der Waals surface area contributed by atoms with Crippen molar-refractivity contribution in [3.05, 3.63) is 29.8 Å². The number of anilines is 1. The standard InChI is InChI=1S/C18H23F3N2O2/c1-2-12-10-23-7-6-13(12)8-16(23)11-25-17(24)22-15-5-3-4-14(9-15)18(19,20)21/h3-5,9,12-13,16H,2,6-8,10-11H2,1H3,(H,22,24)/t12-,13+,16-/m1/s1. The smallest absolute Gasteiger partial charge is 0.416 e. The van der Waals surface area contributed by atoms with E-state index in [2.05, 4.69) is 17.1 Å². The highest BCUT2D eigenvalue weighted by Crippen LogP contribution is 2.37. The summed E-state index contributed by atoms with van der Waals surface area (Å²) >= 11 is 0. The zero-order valence-corrected chi connectivity index (χ0v) is 14.2. The first-order chi connectivity index (χ1) is 11.9. The average molecular weight is 356 g/mol. The van der Waals surface area contributed by atoms with E-state index < -0.39 is 17.8 Å². The number of halogens is 3. The summed E-state index contributed by atoms with van der Waals surface area (Å²) in [6.45, 7) is 4.56. The molecular weight excluding hydrogens is 333 g/mol. The molecule has 0 aliphatic carbocycles. The van der Waals surface area contributed by atoms with Crippen LogP contribution < -0.4 is 5.32 Å². The molecule has 0 spiro atoms. The van der Waals surface area contributed by atoms with E-state index in [0.29, 0.717) is 5.92 Å². The number of fused-ring (bicyclic) bond motifs is 3. The summed E-state index contributed by atoms with van der Waals surface area (Å²) in [5, 5.41) is 2.38. The molecule has 138 valence electrons. The molecule has 2 bridgehead atoms. The molecule has 3 aliphatic rings. The van der Waals surface area contributed by atoms with Crippen molar-refractivity contribution in [2.45, 2.75) is 38.4 Å². The molecule has 3 saturated heterocycles. The SMILES string of the molecule is CC[C@@H]1CN2CC[C@H]1C[C@@H]2COC(=O)Nc1cccc(C(F)(F)F)c1. The van der Waals surface area contributed by atoms with Crippen molar-refractivity contribution in [1.29, 1.82) is 0 Å². The van der Waals surface area contributed by atoms with Crippen molar-refractivity contribution in [2.24, 2.45) is 11.8 Å². The van der Waals surface area contributed by atoms with Gasteiger partial charge >= 0.3 is 12.3 Å². The minimum atomic E-state index is -4.44. The van der Waals surface area contributed by atoms with Gasteiger partial charge in [0.2, 0.25) is 0 Å². The van der Waals surface area contributed by atoms with Gasteiger partial charge in [-0.05, 0) is 49.4 Å². The maximum Gasteiger partial charge on any atom is 0.416 e. The molecule has 1 unspecified atom stereocenters. The molecule has 0 saturated carbocycles. The lowest BCUT2D eigenvalue weighted by Crippen LogP contribution is -2.54. The topological polar surface area (TPSA) is 41.6 Å². The number of ether oxygens (including phenoxy) is 1. The van der Waals surface area contributed by atoms with Crippen LogP contribution in [-0.4, -0.2) is 36.7 Å². The molecular formula is C18H23F3N2O2. The molecule has 3 aliphatic heterocycles. The Labute approximate surface area is 145 Å². The third-order valence-corrected chi connectivity index (χ3v) is 5.38. The Morgan fingerprint density at radius 1 is 1.40 bits per heavy atom. The number of hydrogen-bond acceptors (Lipinski definition) is 3. The van der Waals surface area contributed by atoms with Crippen molar-refractivity contribution >= 4 is 11.8 Å².